The standard InChI is InChI=1S/C13H19ClN2O2/c1-16-5-6-18-11(9-16)8-15-10-3-4-12(14)13(7-10)17-2/h3-4,7,11,15H,5-6,8-9H2,1-2H3. The number of morpholine rings is 1. The summed E-state index contributed by atoms with van der Waals surface area (Å²) in [7, 11) is 3.73. The Morgan fingerprint density at radius 1 is 1.56 bits per heavy atom. The highest BCUT2D eigenvalue weighted by Gasteiger charge is 2.17. The van der Waals surface area contributed by atoms with Crippen molar-refractivity contribution in [3.63, 3.8) is 0 Å². The SMILES string of the molecule is COc1cc(NCC2CN(C)CCO2)ccc1Cl. The molecule has 1 aromatic rings. The summed E-state index contributed by atoms with van der Waals surface area (Å²) < 4.78 is 10.9. The Kier molecular flexibility index (Phi) is 4.69. The predicted octanol–water partition coefficient (Wildman–Crippen LogP) is 2.09. The van der Waals surface area contributed by atoms with Gasteiger partial charge in [-0.05, 0) is 19.2 Å². The minimum Gasteiger partial charge on any atom is -0.495 e. The molecule has 1 fully saturated rings. The van der Waals surface area contributed by atoms with Crippen LogP contribution in [0.25, 0.3) is 0 Å². The summed E-state index contributed by atoms with van der Waals surface area (Å²) in [6.07, 6.45) is 0.227. The van der Waals surface area contributed by atoms with Gasteiger partial charge in [-0.25, -0.2) is 0 Å². The maximum absolute atomic E-state index is 5.98. The van der Waals surface area contributed by atoms with Gasteiger partial charge in [0.2, 0.25) is 0 Å². The van der Waals surface area contributed by atoms with Gasteiger partial charge in [0, 0.05) is 31.4 Å². The van der Waals surface area contributed by atoms with Crippen molar-refractivity contribution in [1.29, 1.82) is 0 Å². The second kappa shape index (κ2) is 6.27. The molecule has 0 saturated carbocycles. The Balaban J connectivity index is 1.89. The predicted molar refractivity (Wildman–Crippen MR) is 73.7 cm³/mol. The number of rotatable bonds is 4. The van der Waals surface area contributed by atoms with Crippen molar-refractivity contribution in [2.24, 2.45) is 0 Å². The lowest BCUT2D eigenvalue weighted by molar-refractivity contribution is -0.0117. The molecule has 1 unspecified atom stereocenters. The lowest BCUT2D eigenvalue weighted by Gasteiger charge is -2.30. The van der Waals surface area contributed by atoms with Gasteiger partial charge in [-0.1, -0.05) is 11.6 Å². The summed E-state index contributed by atoms with van der Waals surface area (Å²) in [5.41, 5.74) is 0.994. The fraction of sp³-hybridized carbons (Fsp3) is 0.538. The Bertz CT molecular complexity index is 401. The minimum absolute atomic E-state index is 0.227. The highest BCUT2D eigenvalue weighted by molar-refractivity contribution is 6.32. The van der Waals surface area contributed by atoms with Crippen molar-refractivity contribution >= 4 is 17.3 Å². The molecular formula is C13H19ClN2O2. The quantitative estimate of drug-likeness (QED) is 0.908. The van der Waals surface area contributed by atoms with Crippen molar-refractivity contribution in [2.75, 3.05) is 45.7 Å². The monoisotopic (exact) mass is 270 g/mol. The number of benzene rings is 1. The van der Waals surface area contributed by atoms with Gasteiger partial charge in [0.25, 0.3) is 0 Å². The third kappa shape index (κ3) is 3.51. The Hall–Kier alpha value is -0.970. The van der Waals surface area contributed by atoms with Gasteiger partial charge in [-0.15, -0.1) is 0 Å². The maximum Gasteiger partial charge on any atom is 0.139 e. The van der Waals surface area contributed by atoms with E-state index in [2.05, 4.69) is 17.3 Å². The first-order valence-electron chi connectivity index (χ1n) is 6.06. The van der Waals surface area contributed by atoms with E-state index in [1.54, 1.807) is 7.11 Å². The van der Waals surface area contributed by atoms with Crippen molar-refractivity contribution in [3.8, 4) is 5.75 Å². The summed E-state index contributed by atoms with van der Waals surface area (Å²) in [4.78, 5) is 2.28. The first-order chi connectivity index (χ1) is 8.69. The molecule has 1 aliphatic heterocycles. The molecule has 0 spiro atoms. The molecule has 0 radical (unpaired) electrons. The number of halogens is 1. The van der Waals surface area contributed by atoms with E-state index < -0.39 is 0 Å². The fourth-order valence-corrected chi connectivity index (χ4v) is 2.19. The smallest absolute Gasteiger partial charge is 0.139 e. The van der Waals surface area contributed by atoms with E-state index in [0.29, 0.717) is 10.8 Å². The Morgan fingerprint density at radius 2 is 2.39 bits per heavy atom. The van der Waals surface area contributed by atoms with Gasteiger partial charge in [-0.2, -0.15) is 0 Å². The summed E-state index contributed by atoms with van der Waals surface area (Å²) in [5.74, 6) is 0.684. The van der Waals surface area contributed by atoms with E-state index in [1.807, 2.05) is 18.2 Å². The molecule has 0 aromatic heterocycles. The minimum atomic E-state index is 0.227. The average Bonchev–Trinajstić information content (AvgIpc) is 2.38. The highest BCUT2D eigenvalue weighted by atomic mass is 35.5. The van der Waals surface area contributed by atoms with Gasteiger partial charge in [0.1, 0.15) is 5.75 Å². The van der Waals surface area contributed by atoms with Crippen molar-refractivity contribution in [1.82, 2.24) is 4.90 Å². The average molecular weight is 271 g/mol. The molecule has 1 N–H and O–H groups in total. The van der Waals surface area contributed by atoms with E-state index in [1.165, 1.54) is 0 Å². The van der Waals surface area contributed by atoms with Crippen molar-refractivity contribution < 1.29 is 9.47 Å². The molecule has 4 nitrogen and oxygen atoms in total. The highest BCUT2D eigenvalue weighted by Crippen LogP contribution is 2.27. The van der Waals surface area contributed by atoms with Crippen LogP contribution in [0.3, 0.4) is 0 Å². The summed E-state index contributed by atoms with van der Waals surface area (Å²) >= 11 is 5.98. The zero-order chi connectivity index (χ0) is 13.0. The number of anilines is 1. The van der Waals surface area contributed by atoms with Gasteiger partial charge in [0.05, 0.1) is 24.8 Å². The van der Waals surface area contributed by atoms with Crippen LogP contribution >= 0.6 is 11.6 Å². The molecule has 0 amide bonds. The first-order valence-corrected chi connectivity index (χ1v) is 6.44. The number of methoxy groups -OCH3 is 1. The number of nitrogens with zero attached hydrogens (tertiary/aromatic N) is 1. The molecule has 2 rings (SSSR count). The number of likely N-dealkylation sites (N-methyl/N-ethyl adjacent to an activating group) is 1. The van der Waals surface area contributed by atoms with Gasteiger partial charge < -0.3 is 19.7 Å². The largest absolute Gasteiger partial charge is 0.495 e. The molecule has 1 saturated heterocycles. The van der Waals surface area contributed by atoms with Gasteiger partial charge in [-0.3, -0.25) is 0 Å². The summed E-state index contributed by atoms with van der Waals surface area (Å²) in [5, 5.41) is 3.97. The zero-order valence-electron chi connectivity index (χ0n) is 10.8. The molecule has 1 aromatic carbocycles. The summed E-state index contributed by atoms with van der Waals surface area (Å²) in [6, 6.07) is 5.67. The second-order valence-corrected chi connectivity index (χ2v) is 4.89. The molecule has 18 heavy (non-hydrogen) atoms. The number of hydrogen-bond donors (Lipinski definition) is 1. The zero-order valence-corrected chi connectivity index (χ0v) is 11.5. The first kappa shape index (κ1) is 13.5. The number of ether oxygens (including phenoxy) is 2. The van der Waals surface area contributed by atoms with E-state index >= 15 is 0 Å². The third-order valence-electron chi connectivity index (χ3n) is 3.03. The molecule has 1 heterocycles. The van der Waals surface area contributed by atoms with Crippen LogP contribution in [0.5, 0.6) is 5.75 Å². The topological polar surface area (TPSA) is 33.7 Å². The van der Waals surface area contributed by atoms with Crippen LogP contribution in [-0.2, 0) is 4.74 Å². The maximum atomic E-state index is 5.98. The molecule has 0 bridgehead atoms. The third-order valence-corrected chi connectivity index (χ3v) is 3.34. The number of nitrogens with one attached hydrogen (secondary N) is 1. The van der Waals surface area contributed by atoms with Crippen molar-refractivity contribution in [3.05, 3.63) is 23.2 Å². The number of hydrogen-bond acceptors (Lipinski definition) is 4. The van der Waals surface area contributed by atoms with E-state index in [9.17, 15) is 0 Å². The van der Waals surface area contributed by atoms with E-state index in [0.717, 1.165) is 31.9 Å². The van der Waals surface area contributed by atoms with Crippen LogP contribution in [0.1, 0.15) is 0 Å². The van der Waals surface area contributed by atoms with Crippen LogP contribution in [0, 0.1) is 0 Å². The van der Waals surface area contributed by atoms with Gasteiger partial charge >= 0.3 is 0 Å². The van der Waals surface area contributed by atoms with Crippen LogP contribution in [-0.4, -0.2) is 51.4 Å². The molecule has 5 heteroatoms. The lowest BCUT2D eigenvalue weighted by atomic mass is 10.2. The van der Waals surface area contributed by atoms with Crippen LogP contribution in [0.15, 0.2) is 18.2 Å². The fourth-order valence-electron chi connectivity index (χ4n) is 1.99. The normalized spacial score (nSPS) is 20.7. The van der Waals surface area contributed by atoms with Crippen LogP contribution < -0.4 is 10.1 Å². The molecular weight excluding hydrogens is 252 g/mol. The van der Waals surface area contributed by atoms with E-state index in [4.69, 9.17) is 21.1 Å². The Labute approximate surface area is 113 Å². The lowest BCUT2D eigenvalue weighted by Crippen LogP contribution is -2.43. The second-order valence-electron chi connectivity index (χ2n) is 4.49. The molecule has 100 valence electrons. The van der Waals surface area contributed by atoms with Crippen LogP contribution in [0.2, 0.25) is 5.02 Å². The van der Waals surface area contributed by atoms with Crippen LogP contribution in [0.4, 0.5) is 5.69 Å². The molecule has 0 aliphatic carbocycles. The summed E-state index contributed by atoms with van der Waals surface area (Å²) in [6.45, 7) is 3.55. The van der Waals surface area contributed by atoms with Gasteiger partial charge in [0.15, 0.2) is 0 Å². The van der Waals surface area contributed by atoms with Crippen molar-refractivity contribution in [2.45, 2.75) is 6.10 Å². The Morgan fingerprint density at radius 3 is 3.11 bits per heavy atom. The molecule has 1 aliphatic rings. The van der Waals surface area contributed by atoms with E-state index in [-0.39, 0.29) is 6.10 Å². The molecule has 1 atom stereocenters.